The van der Waals surface area contributed by atoms with E-state index in [0.29, 0.717) is 6.04 Å². The minimum atomic E-state index is 0.476. The van der Waals surface area contributed by atoms with Gasteiger partial charge in [-0.2, -0.15) is 0 Å². The van der Waals surface area contributed by atoms with Gasteiger partial charge in [0.2, 0.25) is 0 Å². The molecule has 0 aliphatic carbocycles. The van der Waals surface area contributed by atoms with E-state index >= 15 is 0 Å². The highest BCUT2D eigenvalue weighted by molar-refractivity contribution is 9.08. The van der Waals surface area contributed by atoms with Crippen LogP contribution in [0.25, 0.3) is 0 Å². The Bertz CT molecular complexity index is 549. The Morgan fingerprint density at radius 2 is 1.75 bits per heavy atom. The van der Waals surface area contributed by atoms with E-state index in [-0.39, 0.29) is 0 Å². The van der Waals surface area contributed by atoms with Gasteiger partial charge < -0.3 is 4.90 Å². The summed E-state index contributed by atoms with van der Waals surface area (Å²) in [6.45, 7) is 7.63. The quantitative estimate of drug-likeness (QED) is 0.671. The maximum Gasteiger partial charge on any atom is 0.0432 e. The van der Waals surface area contributed by atoms with E-state index in [1.807, 2.05) is 0 Å². The molecule has 2 heteroatoms. The highest BCUT2D eigenvalue weighted by atomic mass is 79.9. The molecule has 0 saturated carbocycles. The van der Waals surface area contributed by atoms with Crippen LogP contribution in [-0.2, 0) is 11.9 Å². The molecular formula is C18H22BrN. The zero-order valence-corrected chi connectivity index (χ0v) is 14.0. The summed E-state index contributed by atoms with van der Waals surface area (Å²) in [7, 11) is 0. The fourth-order valence-electron chi connectivity index (χ4n) is 2.36. The minimum absolute atomic E-state index is 0.476. The van der Waals surface area contributed by atoms with E-state index in [1.54, 1.807) is 0 Å². The monoisotopic (exact) mass is 331 g/mol. The summed E-state index contributed by atoms with van der Waals surface area (Å²) in [6, 6.07) is 17.9. The van der Waals surface area contributed by atoms with Crippen molar-refractivity contribution in [3.05, 3.63) is 65.2 Å². The van der Waals surface area contributed by atoms with Gasteiger partial charge in [-0.1, -0.05) is 52.3 Å². The van der Waals surface area contributed by atoms with Crippen molar-refractivity contribution in [2.75, 3.05) is 4.90 Å². The third-order valence-corrected chi connectivity index (χ3v) is 4.22. The van der Waals surface area contributed by atoms with Gasteiger partial charge in [0.1, 0.15) is 0 Å². The van der Waals surface area contributed by atoms with E-state index in [0.717, 1.165) is 11.9 Å². The third-order valence-electron chi connectivity index (χ3n) is 3.62. The third kappa shape index (κ3) is 3.63. The van der Waals surface area contributed by atoms with Crippen LogP contribution in [0, 0.1) is 6.92 Å². The number of rotatable bonds is 5. The van der Waals surface area contributed by atoms with E-state index in [2.05, 4.69) is 90.1 Å². The van der Waals surface area contributed by atoms with Crippen molar-refractivity contribution in [1.82, 2.24) is 0 Å². The zero-order chi connectivity index (χ0) is 14.5. The fourth-order valence-corrected chi connectivity index (χ4v) is 2.99. The first-order valence-corrected chi connectivity index (χ1v) is 8.20. The van der Waals surface area contributed by atoms with Crippen LogP contribution in [0.15, 0.2) is 48.5 Å². The van der Waals surface area contributed by atoms with E-state index in [1.165, 1.54) is 22.4 Å². The molecule has 106 valence electrons. The molecule has 0 aromatic heterocycles. The second kappa shape index (κ2) is 6.94. The first kappa shape index (κ1) is 15.1. The summed E-state index contributed by atoms with van der Waals surface area (Å²) in [6.07, 6.45) is 0. The molecule has 20 heavy (non-hydrogen) atoms. The smallest absolute Gasteiger partial charge is 0.0432 e. The Morgan fingerprint density at radius 1 is 1.05 bits per heavy atom. The molecular weight excluding hydrogens is 310 g/mol. The van der Waals surface area contributed by atoms with Crippen LogP contribution in [0.4, 0.5) is 5.69 Å². The minimum Gasteiger partial charge on any atom is -0.365 e. The van der Waals surface area contributed by atoms with Crippen LogP contribution in [-0.4, -0.2) is 6.04 Å². The normalized spacial score (nSPS) is 10.8. The molecule has 0 bridgehead atoms. The Labute approximate surface area is 130 Å². The lowest BCUT2D eigenvalue weighted by Gasteiger charge is -2.30. The second-order valence-electron chi connectivity index (χ2n) is 5.45. The van der Waals surface area contributed by atoms with Crippen LogP contribution in [0.5, 0.6) is 0 Å². The summed E-state index contributed by atoms with van der Waals surface area (Å²) in [4.78, 5) is 2.44. The van der Waals surface area contributed by atoms with Gasteiger partial charge in [-0.25, -0.2) is 0 Å². The van der Waals surface area contributed by atoms with Gasteiger partial charge in [0.05, 0.1) is 0 Å². The molecule has 0 radical (unpaired) electrons. The molecule has 0 spiro atoms. The average molecular weight is 332 g/mol. The molecule has 0 atom stereocenters. The van der Waals surface area contributed by atoms with Crippen molar-refractivity contribution in [3.63, 3.8) is 0 Å². The van der Waals surface area contributed by atoms with Gasteiger partial charge in [0.25, 0.3) is 0 Å². The number of aryl methyl sites for hydroxylation is 1. The van der Waals surface area contributed by atoms with E-state index in [4.69, 9.17) is 0 Å². The number of benzene rings is 2. The first-order chi connectivity index (χ1) is 9.61. The lowest BCUT2D eigenvalue weighted by molar-refractivity contribution is 0.682. The largest absolute Gasteiger partial charge is 0.365 e. The standard InChI is InChI=1S/C18H22BrN/c1-14(2)20(13-16-7-5-4-6-8-16)18-10-9-17(12-19)15(3)11-18/h4-11,14H,12-13H2,1-3H3. The maximum atomic E-state index is 3.54. The first-order valence-electron chi connectivity index (χ1n) is 7.08. The van der Waals surface area contributed by atoms with Crippen LogP contribution in [0.1, 0.15) is 30.5 Å². The summed E-state index contributed by atoms with van der Waals surface area (Å²) in [5, 5.41) is 0.916. The van der Waals surface area contributed by atoms with E-state index in [9.17, 15) is 0 Å². The van der Waals surface area contributed by atoms with Gasteiger partial charge in [-0.3, -0.25) is 0 Å². The molecule has 0 unspecified atom stereocenters. The Hall–Kier alpha value is -1.28. The van der Waals surface area contributed by atoms with Crippen LogP contribution >= 0.6 is 15.9 Å². The highest BCUT2D eigenvalue weighted by Gasteiger charge is 2.12. The second-order valence-corrected chi connectivity index (χ2v) is 6.01. The van der Waals surface area contributed by atoms with Crippen LogP contribution in [0.3, 0.4) is 0 Å². The molecule has 0 saturated heterocycles. The zero-order valence-electron chi connectivity index (χ0n) is 12.4. The Balaban J connectivity index is 2.27. The predicted molar refractivity (Wildman–Crippen MR) is 91.6 cm³/mol. The fraction of sp³-hybridized carbons (Fsp3) is 0.333. The number of alkyl halides is 1. The van der Waals surface area contributed by atoms with Gasteiger partial charge in [-0.15, -0.1) is 0 Å². The van der Waals surface area contributed by atoms with Crippen molar-refractivity contribution in [2.45, 2.75) is 38.7 Å². The molecule has 0 amide bonds. The van der Waals surface area contributed by atoms with E-state index < -0.39 is 0 Å². The van der Waals surface area contributed by atoms with Gasteiger partial charge in [0.15, 0.2) is 0 Å². The molecule has 0 aliphatic heterocycles. The number of anilines is 1. The molecule has 0 heterocycles. The lowest BCUT2D eigenvalue weighted by Crippen LogP contribution is -2.30. The molecule has 0 fully saturated rings. The topological polar surface area (TPSA) is 3.24 Å². The Morgan fingerprint density at radius 3 is 2.30 bits per heavy atom. The van der Waals surface area contributed by atoms with Crippen molar-refractivity contribution in [1.29, 1.82) is 0 Å². The molecule has 0 N–H and O–H groups in total. The van der Waals surface area contributed by atoms with Crippen molar-refractivity contribution in [2.24, 2.45) is 0 Å². The molecule has 0 aliphatic rings. The van der Waals surface area contributed by atoms with Gasteiger partial charge >= 0.3 is 0 Å². The average Bonchev–Trinajstić information content (AvgIpc) is 2.45. The summed E-state index contributed by atoms with van der Waals surface area (Å²) in [5.74, 6) is 0. The summed E-state index contributed by atoms with van der Waals surface area (Å²) >= 11 is 3.54. The lowest BCUT2D eigenvalue weighted by atomic mass is 10.1. The SMILES string of the molecule is Cc1cc(N(Cc2ccccc2)C(C)C)ccc1CBr. The molecule has 2 rings (SSSR count). The van der Waals surface area contributed by atoms with Crippen molar-refractivity contribution >= 4 is 21.6 Å². The van der Waals surface area contributed by atoms with Gasteiger partial charge in [0, 0.05) is 23.6 Å². The Kier molecular flexibility index (Phi) is 5.24. The maximum absolute atomic E-state index is 3.54. The number of nitrogens with zero attached hydrogens (tertiary/aromatic N) is 1. The molecule has 2 aromatic carbocycles. The predicted octanol–water partition coefficient (Wildman–Crippen LogP) is 5.30. The van der Waals surface area contributed by atoms with Crippen molar-refractivity contribution in [3.8, 4) is 0 Å². The summed E-state index contributed by atoms with van der Waals surface area (Å²) < 4.78 is 0. The highest BCUT2D eigenvalue weighted by Crippen LogP contribution is 2.24. The summed E-state index contributed by atoms with van der Waals surface area (Å²) in [5.41, 5.74) is 5.35. The number of hydrogen-bond acceptors (Lipinski definition) is 1. The van der Waals surface area contributed by atoms with Crippen molar-refractivity contribution < 1.29 is 0 Å². The molecule has 1 nitrogen and oxygen atoms in total. The van der Waals surface area contributed by atoms with Crippen LogP contribution in [0.2, 0.25) is 0 Å². The van der Waals surface area contributed by atoms with Crippen LogP contribution < -0.4 is 4.90 Å². The molecule has 2 aromatic rings. The number of hydrogen-bond donors (Lipinski definition) is 0. The van der Waals surface area contributed by atoms with Gasteiger partial charge in [-0.05, 0) is 49.6 Å². The number of halogens is 1.